The number of hydrogen-bond donors (Lipinski definition) is 2. The summed E-state index contributed by atoms with van der Waals surface area (Å²) in [6.45, 7) is 3.46. The summed E-state index contributed by atoms with van der Waals surface area (Å²) >= 11 is 0.892. The summed E-state index contributed by atoms with van der Waals surface area (Å²) in [4.78, 5) is 39.3. The second kappa shape index (κ2) is 10.8. The van der Waals surface area contributed by atoms with Crippen molar-refractivity contribution in [2.45, 2.75) is 25.8 Å². The minimum atomic E-state index is -0.379. The molecule has 3 aromatic rings. The number of aromatic nitrogens is 3. The van der Waals surface area contributed by atoms with Gasteiger partial charge in [-0.15, -0.1) is 0 Å². The van der Waals surface area contributed by atoms with Crippen LogP contribution in [0.4, 0.5) is 10.7 Å². The van der Waals surface area contributed by atoms with Gasteiger partial charge in [-0.05, 0) is 79.9 Å². The fourth-order valence-electron chi connectivity index (χ4n) is 4.23. The number of thioether (sulfide) groups is 1. The number of carbonyl (C=O) groups excluding carboxylic acids is 2. The average molecular weight is 491 g/mol. The first-order chi connectivity index (χ1) is 17.1. The Morgan fingerprint density at radius 2 is 2.03 bits per heavy atom. The molecule has 10 heteroatoms. The zero-order chi connectivity index (χ0) is 24.0. The van der Waals surface area contributed by atoms with E-state index in [-0.39, 0.29) is 11.1 Å². The number of rotatable bonds is 8. The Morgan fingerprint density at radius 3 is 2.80 bits per heavy atom. The van der Waals surface area contributed by atoms with Crippen LogP contribution in [0.5, 0.6) is 0 Å². The van der Waals surface area contributed by atoms with Crippen LogP contribution < -0.4 is 15.5 Å². The van der Waals surface area contributed by atoms with Crippen LogP contribution in [-0.2, 0) is 11.3 Å². The molecule has 0 spiro atoms. The van der Waals surface area contributed by atoms with Crippen LogP contribution in [0, 0.1) is 5.92 Å². The smallest absolute Gasteiger partial charge is 0.290 e. The normalized spacial score (nSPS) is 17.8. The number of furan rings is 1. The number of carbonyl (C=O) groups is 2. The van der Waals surface area contributed by atoms with Crippen LogP contribution in [-0.4, -0.2) is 45.7 Å². The van der Waals surface area contributed by atoms with Crippen LogP contribution >= 0.6 is 11.8 Å². The lowest BCUT2D eigenvalue weighted by Crippen LogP contribution is -2.35. The van der Waals surface area contributed by atoms with Gasteiger partial charge in [-0.25, -0.2) is 15.0 Å². The van der Waals surface area contributed by atoms with Crippen LogP contribution in [0.1, 0.15) is 30.7 Å². The highest BCUT2D eigenvalue weighted by Gasteiger charge is 2.25. The third-order valence-corrected chi connectivity index (χ3v) is 6.91. The molecule has 0 radical (unpaired) electrons. The van der Waals surface area contributed by atoms with Crippen molar-refractivity contribution in [1.29, 1.82) is 0 Å². The molecule has 180 valence electrons. The van der Waals surface area contributed by atoms with E-state index in [1.165, 1.54) is 0 Å². The predicted octanol–water partition coefficient (Wildman–Crippen LogP) is 3.85. The molecule has 9 nitrogen and oxygen atoms in total. The predicted molar refractivity (Wildman–Crippen MR) is 134 cm³/mol. The van der Waals surface area contributed by atoms with Crippen molar-refractivity contribution in [3.63, 3.8) is 0 Å². The van der Waals surface area contributed by atoms with E-state index in [1.807, 2.05) is 30.3 Å². The van der Waals surface area contributed by atoms with Crippen molar-refractivity contribution in [2.75, 3.05) is 24.5 Å². The fraction of sp³-hybridized carbons (Fsp3) is 0.320. The van der Waals surface area contributed by atoms with E-state index in [0.717, 1.165) is 74.4 Å². The maximum atomic E-state index is 11.8. The van der Waals surface area contributed by atoms with Gasteiger partial charge in [0.05, 0.1) is 22.6 Å². The summed E-state index contributed by atoms with van der Waals surface area (Å²) in [5, 5.41) is 5.42. The highest BCUT2D eigenvalue weighted by molar-refractivity contribution is 8.18. The number of pyridine rings is 1. The molecule has 5 heterocycles. The zero-order valence-corrected chi connectivity index (χ0v) is 20.0. The van der Waals surface area contributed by atoms with Crippen LogP contribution in [0.15, 0.2) is 58.2 Å². The van der Waals surface area contributed by atoms with Crippen molar-refractivity contribution in [1.82, 2.24) is 25.6 Å². The van der Waals surface area contributed by atoms with Gasteiger partial charge in [0.1, 0.15) is 5.69 Å². The van der Waals surface area contributed by atoms with Gasteiger partial charge >= 0.3 is 0 Å². The van der Waals surface area contributed by atoms with Crippen molar-refractivity contribution < 1.29 is 14.0 Å². The van der Waals surface area contributed by atoms with Gasteiger partial charge in [0.15, 0.2) is 5.76 Å². The number of imide groups is 1. The summed E-state index contributed by atoms with van der Waals surface area (Å²) < 4.78 is 5.44. The maximum Gasteiger partial charge on any atom is 0.290 e. The molecule has 2 N–H and O–H groups in total. The molecule has 0 aromatic carbocycles. The van der Waals surface area contributed by atoms with Gasteiger partial charge in [-0.2, -0.15) is 0 Å². The van der Waals surface area contributed by atoms with E-state index in [2.05, 4.69) is 30.5 Å². The largest absolute Gasteiger partial charge is 0.463 e. The van der Waals surface area contributed by atoms with E-state index in [1.54, 1.807) is 24.6 Å². The average Bonchev–Trinajstić information content (AvgIpc) is 3.52. The van der Waals surface area contributed by atoms with Crippen molar-refractivity contribution in [3.8, 4) is 11.5 Å². The summed E-state index contributed by atoms with van der Waals surface area (Å²) in [6, 6.07) is 11.5. The summed E-state index contributed by atoms with van der Waals surface area (Å²) in [6.07, 6.45) is 8.25. The Balaban J connectivity index is 1.07. The Kier molecular flexibility index (Phi) is 7.20. The molecule has 2 amide bonds. The van der Waals surface area contributed by atoms with Crippen LogP contribution in [0.25, 0.3) is 17.5 Å². The lowest BCUT2D eigenvalue weighted by molar-refractivity contribution is -0.115. The molecule has 0 saturated carbocycles. The minimum Gasteiger partial charge on any atom is -0.463 e. The molecule has 0 unspecified atom stereocenters. The summed E-state index contributed by atoms with van der Waals surface area (Å²) in [7, 11) is 0. The Morgan fingerprint density at radius 1 is 1.14 bits per heavy atom. The first kappa shape index (κ1) is 23.3. The maximum absolute atomic E-state index is 11.8. The third kappa shape index (κ3) is 5.95. The number of amides is 2. The van der Waals surface area contributed by atoms with E-state index in [4.69, 9.17) is 4.42 Å². The second-order valence-corrected chi connectivity index (χ2v) is 9.54. The Labute approximate surface area is 207 Å². The second-order valence-electron chi connectivity index (χ2n) is 8.52. The molecule has 0 atom stereocenters. The minimum absolute atomic E-state index is 0.355. The molecule has 2 aliphatic heterocycles. The molecule has 0 bridgehead atoms. The quantitative estimate of drug-likeness (QED) is 0.359. The monoisotopic (exact) mass is 490 g/mol. The molecule has 2 fully saturated rings. The molecule has 5 rings (SSSR count). The molecule has 2 aliphatic rings. The van der Waals surface area contributed by atoms with Gasteiger partial charge in [0, 0.05) is 25.8 Å². The Hall–Kier alpha value is -3.50. The first-order valence-corrected chi connectivity index (χ1v) is 12.5. The van der Waals surface area contributed by atoms with Crippen molar-refractivity contribution in [3.05, 3.63) is 65.2 Å². The number of anilines is 1. The topological polar surface area (TPSA) is 113 Å². The summed E-state index contributed by atoms with van der Waals surface area (Å²) in [5.41, 5.74) is 2.47. The standard InChI is InChI=1S/C25H26N6O3S/c32-23-22(35-25(33)30-23)15-18-7-11-27-24(29-18)31-12-8-17(9-13-31)6-10-26-16-19-3-1-4-20(28-19)21-5-2-14-34-21/h1-5,7,11,14-15,17,26H,6,8-10,12-13,16H2,(H,30,32,33)/b22-15-. The van der Waals surface area contributed by atoms with Gasteiger partial charge in [0.2, 0.25) is 5.95 Å². The van der Waals surface area contributed by atoms with Gasteiger partial charge in [-0.1, -0.05) is 6.07 Å². The van der Waals surface area contributed by atoms with E-state index in [9.17, 15) is 9.59 Å². The molecular formula is C25H26N6O3S. The van der Waals surface area contributed by atoms with Crippen molar-refractivity contribution in [2.24, 2.45) is 5.92 Å². The summed E-state index contributed by atoms with van der Waals surface area (Å²) in [5.74, 6) is 1.71. The SMILES string of the molecule is O=C1NC(=O)/C(=C/c2ccnc(N3CCC(CCNCc4cccc(-c5ccco5)n4)CC3)n2)S1. The first-order valence-electron chi connectivity index (χ1n) is 11.7. The van der Waals surface area contributed by atoms with Crippen LogP contribution in [0.2, 0.25) is 0 Å². The highest BCUT2D eigenvalue weighted by Crippen LogP contribution is 2.26. The van der Waals surface area contributed by atoms with Gasteiger partial charge < -0.3 is 14.6 Å². The number of piperidine rings is 1. The highest BCUT2D eigenvalue weighted by atomic mass is 32.2. The molecule has 0 aliphatic carbocycles. The van der Waals surface area contributed by atoms with E-state index < -0.39 is 0 Å². The zero-order valence-electron chi connectivity index (χ0n) is 19.1. The lowest BCUT2D eigenvalue weighted by atomic mass is 9.94. The molecule has 2 saturated heterocycles. The van der Waals surface area contributed by atoms with Gasteiger partial charge in [-0.3, -0.25) is 14.9 Å². The Bertz CT molecular complexity index is 1220. The molecule has 35 heavy (non-hydrogen) atoms. The molecule has 3 aromatic heterocycles. The third-order valence-electron chi connectivity index (χ3n) is 6.10. The van der Waals surface area contributed by atoms with Crippen LogP contribution in [0.3, 0.4) is 0 Å². The number of hydrogen-bond acceptors (Lipinski definition) is 9. The van der Waals surface area contributed by atoms with E-state index >= 15 is 0 Å². The van der Waals surface area contributed by atoms with Gasteiger partial charge in [0.25, 0.3) is 11.1 Å². The number of nitrogens with one attached hydrogen (secondary N) is 2. The lowest BCUT2D eigenvalue weighted by Gasteiger charge is -2.32. The fourth-order valence-corrected chi connectivity index (χ4v) is 4.90. The number of nitrogens with zero attached hydrogens (tertiary/aromatic N) is 4. The van der Waals surface area contributed by atoms with Crippen molar-refractivity contribution >= 4 is 34.9 Å². The van der Waals surface area contributed by atoms with E-state index in [0.29, 0.717) is 22.5 Å². The molecular weight excluding hydrogens is 464 g/mol.